The maximum absolute atomic E-state index is 13.0. The number of hydrogen-bond donors (Lipinski definition) is 1. The Bertz CT molecular complexity index is 1150. The highest BCUT2D eigenvalue weighted by Crippen LogP contribution is 2.27. The van der Waals surface area contributed by atoms with Crippen LogP contribution >= 0.6 is 0 Å². The van der Waals surface area contributed by atoms with Crippen LogP contribution in [0.4, 0.5) is 5.69 Å². The molecule has 0 aliphatic carbocycles. The van der Waals surface area contributed by atoms with Crippen LogP contribution in [0.25, 0.3) is 0 Å². The highest BCUT2D eigenvalue weighted by Gasteiger charge is 2.39. The van der Waals surface area contributed by atoms with Crippen molar-refractivity contribution in [1.29, 1.82) is 0 Å². The Morgan fingerprint density at radius 3 is 2.19 bits per heavy atom. The molecule has 31 heavy (non-hydrogen) atoms. The summed E-state index contributed by atoms with van der Waals surface area (Å²) >= 11 is 0. The molecule has 0 aromatic heterocycles. The van der Waals surface area contributed by atoms with Gasteiger partial charge >= 0.3 is 0 Å². The van der Waals surface area contributed by atoms with E-state index >= 15 is 0 Å². The van der Waals surface area contributed by atoms with E-state index in [1.807, 2.05) is 6.92 Å². The lowest BCUT2D eigenvalue weighted by Gasteiger charge is -2.23. The molecule has 168 valence electrons. The molecule has 0 bridgehead atoms. The molecule has 1 aliphatic heterocycles. The first-order valence-corrected chi connectivity index (χ1v) is 12.5. The smallest absolute Gasteiger partial charge is 0.264 e. The van der Waals surface area contributed by atoms with Gasteiger partial charge in [0.05, 0.1) is 16.9 Å². The van der Waals surface area contributed by atoms with Gasteiger partial charge in [0.25, 0.3) is 10.0 Å². The summed E-state index contributed by atoms with van der Waals surface area (Å²) in [6.45, 7) is 2.13. The lowest BCUT2D eigenvalue weighted by atomic mass is 10.2. The van der Waals surface area contributed by atoms with Crippen LogP contribution in [0.15, 0.2) is 58.3 Å². The summed E-state index contributed by atoms with van der Waals surface area (Å²) in [6, 6.07) is 11.2. The van der Waals surface area contributed by atoms with E-state index in [2.05, 4.69) is 5.32 Å². The van der Waals surface area contributed by atoms with Crippen molar-refractivity contribution < 1.29 is 26.5 Å². The number of carbonyl (C=O) groups is 1. The van der Waals surface area contributed by atoms with Crippen LogP contribution in [0.2, 0.25) is 0 Å². The number of benzene rings is 2. The fourth-order valence-corrected chi connectivity index (χ4v) is 5.95. The predicted octanol–water partition coefficient (Wildman–Crippen LogP) is 1.97. The summed E-state index contributed by atoms with van der Waals surface area (Å²) in [6.07, 6.45) is 0.978. The van der Waals surface area contributed by atoms with Crippen LogP contribution in [-0.2, 0) is 29.7 Å². The number of hydrogen-bond acceptors (Lipinski definition) is 6. The lowest BCUT2D eigenvalue weighted by Crippen LogP contribution is -2.43. The maximum Gasteiger partial charge on any atom is 0.264 e. The molecule has 1 heterocycles. The summed E-state index contributed by atoms with van der Waals surface area (Å²) in [7, 11) is -5.10. The van der Waals surface area contributed by atoms with Crippen molar-refractivity contribution >= 4 is 31.6 Å². The largest absolute Gasteiger partial charge is 0.325 e. The number of amides is 1. The van der Waals surface area contributed by atoms with Crippen molar-refractivity contribution in [2.45, 2.75) is 35.6 Å². The first-order valence-electron chi connectivity index (χ1n) is 9.60. The first kappa shape index (κ1) is 23.4. The summed E-state index contributed by atoms with van der Waals surface area (Å²) in [5, 5.41) is 2.68. The number of rotatable bonds is 7. The molecule has 1 N–H and O–H groups in total. The first-order chi connectivity index (χ1) is 14.6. The fraction of sp³-hybridized carbons (Fsp3) is 0.350. The zero-order chi connectivity index (χ0) is 22.8. The molecule has 1 amide bonds. The van der Waals surface area contributed by atoms with E-state index in [0.29, 0.717) is 18.5 Å². The van der Waals surface area contributed by atoms with Gasteiger partial charge in [-0.15, -0.1) is 0 Å². The number of nitrogens with one attached hydrogen (secondary N) is 1. The quantitative estimate of drug-likeness (QED) is 0.623. The Labute approximate surface area is 182 Å². The number of anilines is 1. The fourth-order valence-electron chi connectivity index (χ4n) is 3.32. The van der Waals surface area contributed by atoms with E-state index in [1.165, 1.54) is 54.9 Å². The van der Waals surface area contributed by atoms with Gasteiger partial charge in [-0.05, 0) is 56.2 Å². The zero-order valence-electron chi connectivity index (χ0n) is 17.5. The molecule has 0 radical (unpaired) electrons. The van der Waals surface area contributed by atoms with Gasteiger partial charge in [0, 0.05) is 19.3 Å². The highest BCUT2D eigenvalue weighted by atomic mass is 32.2. The monoisotopic (exact) mass is 467 g/mol. The Hall–Kier alpha value is -2.31. The molecular formula is C20H25N3O6S2. The molecule has 2 aromatic carbocycles. The Morgan fingerprint density at radius 2 is 1.61 bits per heavy atom. The number of hydroxylamine groups is 1. The Kier molecular flexibility index (Phi) is 6.82. The van der Waals surface area contributed by atoms with E-state index in [-0.39, 0.29) is 16.3 Å². The van der Waals surface area contributed by atoms with Crippen molar-refractivity contribution in [3.05, 3.63) is 54.1 Å². The average Bonchev–Trinajstić information content (AvgIpc) is 3.25. The van der Waals surface area contributed by atoms with Crippen LogP contribution in [-0.4, -0.2) is 58.3 Å². The number of sulfonamides is 2. The summed E-state index contributed by atoms with van der Waals surface area (Å²) in [5.74, 6) is -0.460. The molecule has 1 unspecified atom stereocenters. The van der Waals surface area contributed by atoms with Gasteiger partial charge in [-0.25, -0.2) is 16.8 Å². The molecule has 2 aromatic rings. The Morgan fingerprint density at radius 1 is 1.03 bits per heavy atom. The minimum absolute atomic E-state index is 0.000657. The van der Waals surface area contributed by atoms with E-state index in [9.17, 15) is 21.6 Å². The van der Waals surface area contributed by atoms with Crippen molar-refractivity contribution in [3.63, 3.8) is 0 Å². The lowest BCUT2D eigenvalue weighted by molar-refractivity contribution is -0.119. The van der Waals surface area contributed by atoms with Gasteiger partial charge in [-0.2, -0.15) is 4.31 Å². The SMILES string of the molecule is CON(C)S(=O)(=O)c1ccc(NC(=O)C2CCCN2S(=O)(=O)c2ccc(C)cc2)cc1. The predicted molar refractivity (Wildman–Crippen MR) is 115 cm³/mol. The number of carbonyl (C=O) groups excluding carboxylic acids is 1. The topological polar surface area (TPSA) is 113 Å². The molecule has 9 nitrogen and oxygen atoms in total. The second-order valence-electron chi connectivity index (χ2n) is 7.20. The second-order valence-corrected chi connectivity index (χ2v) is 11.0. The van der Waals surface area contributed by atoms with E-state index < -0.39 is 32.0 Å². The van der Waals surface area contributed by atoms with Crippen LogP contribution in [0, 0.1) is 6.92 Å². The zero-order valence-corrected chi connectivity index (χ0v) is 19.1. The highest BCUT2D eigenvalue weighted by molar-refractivity contribution is 7.89. The molecular weight excluding hydrogens is 442 g/mol. The molecule has 1 aliphatic rings. The molecule has 0 spiro atoms. The molecule has 0 saturated carbocycles. The number of aryl methyl sites for hydroxylation is 1. The average molecular weight is 468 g/mol. The number of nitrogens with zero attached hydrogens (tertiary/aromatic N) is 2. The van der Waals surface area contributed by atoms with Crippen molar-refractivity contribution in [2.24, 2.45) is 0 Å². The summed E-state index contributed by atoms with van der Waals surface area (Å²) < 4.78 is 52.5. The van der Waals surface area contributed by atoms with Gasteiger partial charge < -0.3 is 5.32 Å². The van der Waals surface area contributed by atoms with Gasteiger partial charge in [0.15, 0.2) is 0 Å². The van der Waals surface area contributed by atoms with Crippen molar-refractivity contribution in [2.75, 3.05) is 26.0 Å². The third-order valence-electron chi connectivity index (χ3n) is 5.15. The Balaban J connectivity index is 1.76. The van der Waals surface area contributed by atoms with Crippen LogP contribution in [0.3, 0.4) is 0 Å². The minimum atomic E-state index is -3.81. The molecule has 1 atom stereocenters. The molecule has 3 rings (SSSR count). The standard InChI is InChI=1S/C20H25N3O6S2/c1-15-6-10-18(11-7-15)31(27,28)23-14-4-5-19(23)20(24)21-16-8-12-17(13-9-16)30(25,26)22(2)29-3/h6-13,19H,4-5,14H2,1-3H3,(H,21,24). The van der Waals surface area contributed by atoms with E-state index in [1.54, 1.807) is 12.1 Å². The van der Waals surface area contributed by atoms with Gasteiger partial charge in [0.1, 0.15) is 6.04 Å². The van der Waals surface area contributed by atoms with E-state index in [0.717, 1.165) is 10.0 Å². The van der Waals surface area contributed by atoms with Crippen molar-refractivity contribution in [3.8, 4) is 0 Å². The maximum atomic E-state index is 13.0. The van der Waals surface area contributed by atoms with Crippen molar-refractivity contribution in [1.82, 2.24) is 8.77 Å². The minimum Gasteiger partial charge on any atom is -0.325 e. The van der Waals surface area contributed by atoms with Crippen LogP contribution < -0.4 is 5.32 Å². The third kappa shape index (κ3) is 4.80. The molecule has 1 saturated heterocycles. The second kappa shape index (κ2) is 9.05. The van der Waals surface area contributed by atoms with Crippen LogP contribution in [0.1, 0.15) is 18.4 Å². The summed E-state index contributed by atoms with van der Waals surface area (Å²) in [4.78, 5) is 17.7. The molecule has 11 heteroatoms. The van der Waals surface area contributed by atoms with E-state index in [4.69, 9.17) is 4.84 Å². The summed E-state index contributed by atoms with van der Waals surface area (Å²) in [5.41, 5.74) is 1.31. The van der Waals surface area contributed by atoms with Gasteiger partial charge in [-0.1, -0.05) is 22.2 Å². The van der Waals surface area contributed by atoms with Gasteiger partial charge in [0.2, 0.25) is 15.9 Å². The normalized spacial score (nSPS) is 17.7. The molecule has 1 fully saturated rings. The van der Waals surface area contributed by atoms with Gasteiger partial charge in [-0.3, -0.25) is 9.63 Å². The van der Waals surface area contributed by atoms with Crippen LogP contribution in [0.5, 0.6) is 0 Å². The third-order valence-corrected chi connectivity index (χ3v) is 8.77.